The van der Waals surface area contributed by atoms with E-state index in [-0.39, 0.29) is 12.8 Å². The van der Waals surface area contributed by atoms with Crippen molar-refractivity contribution in [2.75, 3.05) is 13.9 Å². The fraction of sp³-hybridized carbons (Fsp3) is 0.312. The molecule has 6 nitrogen and oxygen atoms in total. The summed E-state index contributed by atoms with van der Waals surface area (Å²) in [5.41, 5.74) is 1.48. The van der Waals surface area contributed by atoms with Crippen LogP contribution in [0.25, 0.3) is 0 Å². The summed E-state index contributed by atoms with van der Waals surface area (Å²) >= 11 is 0. The van der Waals surface area contributed by atoms with Gasteiger partial charge in [0.25, 0.3) is 0 Å². The Bertz CT molecular complexity index is 692. The first-order valence-electron chi connectivity index (χ1n) is 6.95. The van der Waals surface area contributed by atoms with Crippen LogP contribution in [0.15, 0.2) is 28.7 Å². The van der Waals surface area contributed by atoms with Crippen molar-refractivity contribution in [1.82, 2.24) is 5.32 Å². The van der Waals surface area contributed by atoms with E-state index in [1.807, 2.05) is 18.2 Å². The van der Waals surface area contributed by atoms with Crippen LogP contribution in [0.3, 0.4) is 0 Å². The van der Waals surface area contributed by atoms with Gasteiger partial charge >= 0.3 is 5.97 Å². The summed E-state index contributed by atoms with van der Waals surface area (Å²) in [7, 11) is 1.35. The minimum atomic E-state index is -0.390. The summed E-state index contributed by atoms with van der Waals surface area (Å²) in [5, 5.41) is 3.26. The second-order valence-corrected chi connectivity index (χ2v) is 4.93. The molecule has 1 aliphatic rings. The summed E-state index contributed by atoms with van der Waals surface area (Å²) < 4.78 is 21.1. The molecule has 0 amide bonds. The number of para-hydroxylation sites is 1. The van der Waals surface area contributed by atoms with Gasteiger partial charge in [-0.05, 0) is 19.1 Å². The minimum absolute atomic E-state index is 0.256. The van der Waals surface area contributed by atoms with Gasteiger partial charge in [-0.2, -0.15) is 0 Å². The molecule has 0 unspecified atom stereocenters. The van der Waals surface area contributed by atoms with Gasteiger partial charge in [0.1, 0.15) is 17.1 Å². The molecule has 6 heteroatoms. The summed E-state index contributed by atoms with van der Waals surface area (Å²) in [4.78, 5) is 11.5. The molecule has 0 spiro atoms. The molecule has 0 fully saturated rings. The third kappa shape index (κ3) is 2.78. The van der Waals surface area contributed by atoms with E-state index >= 15 is 0 Å². The zero-order valence-electron chi connectivity index (χ0n) is 12.5. The second kappa shape index (κ2) is 6.11. The Hall–Kier alpha value is -2.47. The highest BCUT2D eigenvalue weighted by molar-refractivity contribution is 5.90. The number of ether oxygens (including phenoxy) is 3. The highest BCUT2D eigenvalue weighted by Gasteiger charge is 2.18. The molecule has 22 heavy (non-hydrogen) atoms. The Morgan fingerprint density at radius 1 is 1.32 bits per heavy atom. The Morgan fingerprint density at radius 2 is 2.18 bits per heavy atom. The third-order valence-corrected chi connectivity index (χ3v) is 3.47. The number of hydrogen-bond donors (Lipinski definition) is 1. The van der Waals surface area contributed by atoms with E-state index in [4.69, 9.17) is 18.6 Å². The lowest BCUT2D eigenvalue weighted by molar-refractivity contribution is 0.0599. The molecular weight excluding hydrogens is 286 g/mol. The van der Waals surface area contributed by atoms with Crippen LogP contribution in [0.4, 0.5) is 0 Å². The highest BCUT2D eigenvalue weighted by atomic mass is 16.7. The predicted octanol–water partition coefficient (Wildman–Crippen LogP) is 2.39. The fourth-order valence-corrected chi connectivity index (χ4v) is 2.39. The van der Waals surface area contributed by atoms with Crippen molar-refractivity contribution in [1.29, 1.82) is 0 Å². The lowest BCUT2D eigenvalue weighted by Crippen LogP contribution is -2.12. The molecule has 1 aliphatic heterocycles. The molecule has 0 aliphatic carbocycles. The number of furan rings is 1. The fourth-order valence-electron chi connectivity index (χ4n) is 2.39. The van der Waals surface area contributed by atoms with Gasteiger partial charge in [-0.3, -0.25) is 0 Å². The monoisotopic (exact) mass is 303 g/mol. The number of fused-ring (bicyclic) bond motifs is 1. The third-order valence-electron chi connectivity index (χ3n) is 3.47. The molecule has 1 aromatic heterocycles. The number of nitrogens with one attached hydrogen (secondary N) is 1. The maximum Gasteiger partial charge on any atom is 0.341 e. The molecule has 3 rings (SSSR count). The van der Waals surface area contributed by atoms with Crippen LogP contribution in [0.2, 0.25) is 0 Å². The van der Waals surface area contributed by atoms with Crippen molar-refractivity contribution in [3.63, 3.8) is 0 Å². The maximum atomic E-state index is 11.5. The van der Waals surface area contributed by atoms with Crippen LogP contribution in [0.1, 0.15) is 27.4 Å². The van der Waals surface area contributed by atoms with E-state index in [1.165, 1.54) is 7.11 Å². The molecule has 116 valence electrons. The lowest BCUT2D eigenvalue weighted by Gasteiger charge is -2.06. The number of esters is 1. The standard InChI is InChI=1S/C16H17NO5/c1-10-13(16(18)19-2)6-12(22-10)8-17-7-11-4-3-5-14-15(11)21-9-20-14/h3-6,17H,7-9H2,1-2H3. The molecule has 0 saturated heterocycles. The molecule has 0 saturated carbocycles. The molecule has 2 aromatic rings. The van der Waals surface area contributed by atoms with Crippen LogP contribution in [-0.2, 0) is 17.8 Å². The average Bonchev–Trinajstić information content (AvgIpc) is 3.13. The normalized spacial score (nSPS) is 12.5. The first kappa shape index (κ1) is 14.5. The van der Waals surface area contributed by atoms with Crippen LogP contribution < -0.4 is 14.8 Å². The average molecular weight is 303 g/mol. The Morgan fingerprint density at radius 3 is 3.00 bits per heavy atom. The topological polar surface area (TPSA) is 69.9 Å². The van der Waals surface area contributed by atoms with Crippen LogP contribution >= 0.6 is 0 Å². The summed E-state index contributed by atoms with van der Waals surface area (Å²) in [6.45, 7) is 3.11. The maximum absolute atomic E-state index is 11.5. The molecule has 0 bridgehead atoms. The molecule has 0 radical (unpaired) electrons. The number of benzene rings is 1. The van der Waals surface area contributed by atoms with Crippen LogP contribution in [0, 0.1) is 6.92 Å². The van der Waals surface area contributed by atoms with Crippen molar-refractivity contribution in [3.8, 4) is 11.5 Å². The number of rotatable bonds is 5. The second-order valence-electron chi connectivity index (χ2n) is 4.93. The van der Waals surface area contributed by atoms with E-state index in [1.54, 1.807) is 13.0 Å². The smallest absolute Gasteiger partial charge is 0.341 e. The molecule has 0 atom stereocenters. The summed E-state index contributed by atoms with van der Waals surface area (Å²) in [6.07, 6.45) is 0. The van der Waals surface area contributed by atoms with Gasteiger partial charge in [-0.15, -0.1) is 0 Å². The van der Waals surface area contributed by atoms with Gasteiger partial charge in [-0.25, -0.2) is 4.79 Å². The highest BCUT2D eigenvalue weighted by Crippen LogP contribution is 2.35. The molecule has 1 N–H and O–H groups in total. The van der Waals surface area contributed by atoms with Crippen molar-refractivity contribution in [2.45, 2.75) is 20.0 Å². The quantitative estimate of drug-likeness (QED) is 0.855. The largest absolute Gasteiger partial charge is 0.465 e. The SMILES string of the molecule is COC(=O)c1cc(CNCc2cccc3c2OCO3)oc1C. The Labute approximate surface area is 128 Å². The van der Waals surface area contributed by atoms with Crippen molar-refractivity contribution < 1.29 is 23.4 Å². The summed E-state index contributed by atoms with van der Waals surface area (Å²) in [6, 6.07) is 7.48. The van der Waals surface area contributed by atoms with E-state index in [0.29, 0.717) is 30.2 Å². The van der Waals surface area contributed by atoms with Crippen LogP contribution in [-0.4, -0.2) is 19.9 Å². The zero-order valence-corrected chi connectivity index (χ0v) is 12.5. The van der Waals surface area contributed by atoms with E-state index in [9.17, 15) is 4.79 Å². The molecule has 2 heterocycles. The lowest BCUT2D eigenvalue weighted by atomic mass is 10.2. The van der Waals surface area contributed by atoms with Crippen molar-refractivity contribution in [2.24, 2.45) is 0 Å². The molecular formula is C16H17NO5. The predicted molar refractivity (Wildman–Crippen MR) is 77.9 cm³/mol. The van der Waals surface area contributed by atoms with Crippen molar-refractivity contribution >= 4 is 5.97 Å². The Balaban J connectivity index is 1.62. The number of methoxy groups -OCH3 is 1. The number of carbonyl (C=O) groups is 1. The van der Waals surface area contributed by atoms with Gasteiger partial charge in [0.2, 0.25) is 6.79 Å². The Kier molecular flexibility index (Phi) is 4.02. The van der Waals surface area contributed by atoms with Gasteiger partial charge in [0.05, 0.1) is 13.7 Å². The van der Waals surface area contributed by atoms with Gasteiger partial charge < -0.3 is 23.9 Å². The molecule has 1 aromatic carbocycles. The number of hydrogen-bond acceptors (Lipinski definition) is 6. The van der Waals surface area contributed by atoms with Gasteiger partial charge in [0, 0.05) is 12.1 Å². The number of carbonyl (C=O) groups excluding carboxylic acids is 1. The first-order valence-corrected chi connectivity index (χ1v) is 6.95. The van der Waals surface area contributed by atoms with E-state index in [0.717, 1.165) is 17.1 Å². The summed E-state index contributed by atoms with van der Waals surface area (Å²) in [5.74, 6) is 2.39. The van der Waals surface area contributed by atoms with Crippen LogP contribution in [0.5, 0.6) is 11.5 Å². The van der Waals surface area contributed by atoms with Gasteiger partial charge in [0.15, 0.2) is 11.5 Å². The van der Waals surface area contributed by atoms with Crippen molar-refractivity contribution in [3.05, 3.63) is 46.9 Å². The zero-order chi connectivity index (χ0) is 15.5. The number of aryl methyl sites for hydroxylation is 1. The van der Waals surface area contributed by atoms with Gasteiger partial charge in [-0.1, -0.05) is 12.1 Å². The van der Waals surface area contributed by atoms with E-state index in [2.05, 4.69) is 5.32 Å². The minimum Gasteiger partial charge on any atom is -0.465 e. The van der Waals surface area contributed by atoms with E-state index < -0.39 is 0 Å². The first-order chi connectivity index (χ1) is 10.7.